The fourth-order valence-corrected chi connectivity index (χ4v) is 10.5. The number of rotatable bonds is 30. The van der Waals surface area contributed by atoms with Crippen LogP contribution in [-0.4, -0.2) is 158 Å². The predicted octanol–water partition coefficient (Wildman–Crippen LogP) is 5.53. The first kappa shape index (κ1) is 61.6. The van der Waals surface area contributed by atoms with Crippen molar-refractivity contribution in [2.24, 2.45) is 23.7 Å². The van der Waals surface area contributed by atoms with Crippen molar-refractivity contribution in [3.8, 4) is 0 Å². The summed E-state index contributed by atoms with van der Waals surface area (Å²) in [4.78, 5) is 113. The number of methoxy groups -OCH3 is 3. The number of benzene rings is 2. The van der Waals surface area contributed by atoms with Gasteiger partial charge >= 0.3 is 5.97 Å². The van der Waals surface area contributed by atoms with Crippen molar-refractivity contribution in [1.29, 1.82) is 0 Å². The van der Waals surface area contributed by atoms with Crippen LogP contribution in [0.15, 0.2) is 66.7 Å². The number of ether oxygens (including phenoxy) is 3. The average Bonchev–Trinajstić information content (AvgIpc) is 3.99. The molecule has 0 saturated carbocycles. The van der Waals surface area contributed by atoms with Gasteiger partial charge in [0.2, 0.25) is 29.5 Å². The fourth-order valence-electron chi connectivity index (χ4n) is 10.5. The Balaban J connectivity index is 1.40. The third-order valence-electron chi connectivity index (χ3n) is 14.8. The fraction of sp³-hybridized carbons (Fsp3) is 0.614. The topological polar surface area (TPSA) is 213 Å². The van der Waals surface area contributed by atoms with Crippen LogP contribution in [0.4, 0.5) is 5.69 Å². The number of unbranched alkanes of at least 4 members (excludes halogenated alkanes) is 2. The Kier molecular flexibility index (Phi) is 24.6. The van der Waals surface area contributed by atoms with Crippen LogP contribution in [0.1, 0.15) is 111 Å². The van der Waals surface area contributed by atoms with E-state index in [4.69, 9.17) is 14.2 Å². The third kappa shape index (κ3) is 17.3. The molecule has 3 N–H and O–H groups in total. The summed E-state index contributed by atoms with van der Waals surface area (Å²) in [6, 6.07) is 13.4. The van der Waals surface area contributed by atoms with E-state index in [-0.39, 0.29) is 72.5 Å². The lowest BCUT2D eigenvalue weighted by Crippen LogP contribution is -2.60. The molecule has 1 fully saturated rings. The van der Waals surface area contributed by atoms with Crippen molar-refractivity contribution in [3.05, 3.63) is 77.9 Å². The van der Waals surface area contributed by atoms with Crippen LogP contribution < -0.4 is 16.0 Å². The van der Waals surface area contributed by atoms with E-state index in [1.54, 1.807) is 29.8 Å². The zero-order valence-corrected chi connectivity index (χ0v) is 46.5. The minimum atomic E-state index is -0.922. The minimum Gasteiger partial charge on any atom is -0.467 e. The lowest BCUT2D eigenvalue weighted by atomic mass is 9.89. The summed E-state index contributed by atoms with van der Waals surface area (Å²) in [5, 5.41) is 8.93. The Morgan fingerprint density at radius 3 is 2.05 bits per heavy atom. The van der Waals surface area contributed by atoms with Crippen LogP contribution in [0.3, 0.4) is 0 Å². The highest BCUT2D eigenvalue weighted by Crippen LogP contribution is 2.30. The average molecular weight is 1040 g/mol. The highest BCUT2D eigenvalue weighted by atomic mass is 16.5. The van der Waals surface area contributed by atoms with Crippen LogP contribution in [0, 0.1) is 23.7 Å². The van der Waals surface area contributed by atoms with Gasteiger partial charge in [-0.15, -0.1) is 0 Å². The number of anilines is 1. The van der Waals surface area contributed by atoms with Crippen molar-refractivity contribution in [2.45, 2.75) is 155 Å². The molecule has 2 aliphatic heterocycles. The number of hydrogen-bond acceptors (Lipinski definition) is 12. The first-order valence-corrected chi connectivity index (χ1v) is 26.6. The van der Waals surface area contributed by atoms with E-state index in [9.17, 15) is 38.4 Å². The van der Waals surface area contributed by atoms with Gasteiger partial charge in [-0.2, -0.15) is 0 Å². The summed E-state index contributed by atoms with van der Waals surface area (Å²) in [6.07, 6.45) is 5.45. The lowest BCUT2D eigenvalue weighted by Gasteiger charge is -2.41. The van der Waals surface area contributed by atoms with Gasteiger partial charge < -0.3 is 40.0 Å². The number of nitrogens with zero attached hydrogens (tertiary/aromatic N) is 4. The van der Waals surface area contributed by atoms with Crippen molar-refractivity contribution < 1.29 is 52.6 Å². The summed E-state index contributed by atoms with van der Waals surface area (Å²) in [5.74, 6) is -3.85. The number of nitrogens with one attached hydrogen (secondary N) is 3. The Labute approximate surface area is 445 Å². The second-order valence-electron chi connectivity index (χ2n) is 20.9. The maximum atomic E-state index is 14.8. The number of imide groups is 1. The molecule has 0 bridgehead atoms. The number of amides is 7. The van der Waals surface area contributed by atoms with Crippen molar-refractivity contribution in [3.63, 3.8) is 0 Å². The number of likely N-dealkylation sites (N-methyl/N-ethyl adjacent to an activating group) is 2. The molecule has 18 nitrogen and oxygen atoms in total. The molecular weight excluding hydrogens is 959 g/mol. The highest BCUT2D eigenvalue weighted by Gasteiger charge is 2.44. The highest BCUT2D eigenvalue weighted by molar-refractivity contribution is 6.12. The van der Waals surface area contributed by atoms with E-state index < -0.39 is 60.2 Å². The second kappa shape index (κ2) is 29.9. The molecule has 2 unspecified atom stereocenters. The van der Waals surface area contributed by atoms with E-state index in [2.05, 4.69) is 16.0 Å². The Morgan fingerprint density at radius 1 is 0.787 bits per heavy atom. The van der Waals surface area contributed by atoms with E-state index in [1.165, 1.54) is 38.4 Å². The van der Waals surface area contributed by atoms with E-state index in [0.29, 0.717) is 63.8 Å². The van der Waals surface area contributed by atoms with Crippen LogP contribution in [0.2, 0.25) is 0 Å². The largest absolute Gasteiger partial charge is 0.467 e. The number of carbonyl (C=O) groups excluding carboxylic acids is 8. The third-order valence-corrected chi connectivity index (χ3v) is 14.8. The monoisotopic (exact) mass is 1040 g/mol. The molecule has 2 aliphatic rings. The predicted molar refractivity (Wildman–Crippen MR) is 286 cm³/mol. The number of hydrogen-bond donors (Lipinski definition) is 3. The Bertz CT molecular complexity index is 2260. The van der Waals surface area contributed by atoms with Crippen molar-refractivity contribution in [1.82, 2.24) is 30.2 Å². The maximum absolute atomic E-state index is 14.8. The Morgan fingerprint density at radius 2 is 1.45 bits per heavy atom. The molecule has 2 aromatic rings. The summed E-state index contributed by atoms with van der Waals surface area (Å²) in [7, 11) is 7.89. The van der Waals surface area contributed by atoms with Crippen molar-refractivity contribution in [2.75, 3.05) is 53.8 Å². The second-order valence-corrected chi connectivity index (χ2v) is 20.9. The summed E-state index contributed by atoms with van der Waals surface area (Å²) in [6.45, 7) is 14.6. The smallest absolute Gasteiger partial charge is 0.328 e. The quantitative estimate of drug-likeness (QED) is 0.0501. The molecule has 18 heteroatoms. The molecule has 0 aromatic heterocycles. The molecule has 0 aliphatic carbocycles. The van der Waals surface area contributed by atoms with Crippen LogP contribution in [0.25, 0.3) is 0 Å². The molecule has 0 radical (unpaired) electrons. The molecule has 0 spiro atoms. The summed E-state index contributed by atoms with van der Waals surface area (Å²) >= 11 is 0. The molecule has 414 valence electrons. The SMILES string of the molecule is CC[C@H](C)C([C@@H](CC(=O)N1CCC[C@H]1[C@H](OC)[C@@H](C)C(=O)N[C@@H](Cc1ccccc1)C(=O)OC)OC)N(C)C(=O)[C@@H](NC(=O)C(C(C)C)N(C)Cc1cccc(NC(=O)CCCCCN2C(=O)C=CC2=O)c1)C(C)C. The van der Waals surface area contributed by atoms with Crippen molar-refractivity contribution >= 4 is 53.0 Å². The molecule has 2 aromatic carbocycles. The standard InChI is InChI=1S/C57H85N7O11/c1-13-38(6)52(45(73-10)34-49(68)63-31-21-26-44(63)53(74-11)39(7)54(69)59-43(57(72)75-12)33-40-22-16-14-17-23-40)62(9)56(71)50(36(2)3)60-55(70)51(37(4)5)61(8)35-41-24-20-25-42(32-41)58-46(65)27-18-15-19-30-64-47(66)28-29-48(64)67/h14,16-17,20,22-25,28-29,32,36-39,43-45,50-53H,13,15,18-19,21,26-27,30-31,33-35H2,1-12H3,(H,58,65)(H,59,69)(H,60,70)/t38-,39+,43-,44-,45+,50-,51?,52?,53+/m0/s1. The number of carbonyl (C=O) groups is 8. The van der Waals surface area contributed by atoms with E-state index in [0.717, 1.165) is 11.1 Å². The zero-order valence-electron chi connectivity index (χ0n) is 46.5. The van der Waals surface area contributed by atoms with Crippen LogP contribution in [0.5, 0.6) is 0 Å². The van der Waals surface area contributed by atoms with E-state index >= 15 is 0 Å². The van der Waals surface area contributed by atoms with Gasteiger partial charge in [0.1, 0.15) is 12.1 Å². The molecule has 7 amide bonds. The van der Waals surface area contributed by atoms with Crippen LogP contribution in [-0.2, 0) is 65.5 Å². The van der Waals surface area contributed by atoms with Gasteiger partial charge in [0.25, 0.3) is 11.8 Å². The minimum absolute atomic E-state index is 0.0484. The number of esters is 1. The van der Waals surface area contributed by atoms with Gasteiger partial charge in [-0.3, -0.25) is 43.4 Å². The molecule has 2 heterocycles. The van der Waals surface area contributed by atoms with Gasteiger partial charge in [0.15, 0.2) is 0 Å². The van der Waals surface area contributed by atoms with Crippen LogP contribution >= 0.6 is 0 Å². The summed E-state index contributed by atoms with van der Waals surface area (Å²) in [5.41, 5.74) is 2.35. The first-order chi connectivity index (χ1) is 35.7. The number of likely N-dealkylation sites (tertiary alicyclic amines) is 1. The summed E-state index contributed by atoms with van der Waals surface area (Å²) < 4.78 is 17.1. The molecule has 9 atom stereocenters. The van der Waals surface area contributed by atoms with Gasteiger partial charge in [-0.25, -0.2) is 4.79 Å². The normalized spacial score (nSPS) is 17.8. The van der Waals surface area contributed by atoms with Gasteiger partial charge in [-0.1, -0.05) is 104 Å². The first-order valence-electron chi connectivity index (χ1n) is 26.6. The lowest BCUT2D eigenvalue weighted by molar-refractivity contribution is -0.149. The molecule has 1 saturated heterocycles. The maximum Gasteiger partial charge on any atom is 0.328 e. The molecule has 75 heavy (non-hydrogen) atoms. The molecular formula is C57H85N7O11. The van der Waals surface area contributed by atoms with Gasteiger partial charge in [0.05, 0.1) is 49.8 Å². The zero-order chi connectivity index (χ0) is 55.5. The van der Waals surface area contributed by atoms with Gasteiger partial charge in [-0.05, 0) is 73.7 Å². The Hall–Kier alpha value is -5.98. The van der Waals surface area contributed by atoms with E-state index in [1.807, 2.05) is 102 Å². The molecule has 4 rings (SSSR count). The van der Waals surface area contributed by atoms with Gasteiger partial charge in [0, 0.05) is 71.6 Å².